The first-order valence-corrected chi connectivity index (χ1v) is 5.65. The Labute approximate surface area is 102 Å². The highest BCUT2D eigenvalue weighted by Gasteiger charge is 2.15. The lowest BCUT2D eigenvalue weighted by Crippen LogP contribution is -2.00. The summed E-state index contributed by atoms with van der Waals surface area (Å²) in [5, 5.41) is 16.8. The van der Waals surface area contributed by atoms with Crippen LogP contribution < -0.4 is 0 Å². The molecular weight excluding hydrogens is 268 g/mol. The highest BCUT2D eigenvalue weighted by Crippen LogP contribution is 2.29. The van der Waals surface area contributed by atoms with Gasteiger partial charge in [-0.25, -0.2) is 4.68 Å². The van der Waals surface area contributed by atoms with E-state index in [9.17, 15) is 0 Å². The Kier molecular flexibility index (Phi) is 3.02. The number of aromatic nitrogens is 3. The maximum Gasteiger partial charge on any atom is 0.190 e. The fourth-order valence-electron chi connectivity index (χ4n) is 1.53. The topological polar surface area (TPSA) is 54.5 Å². The molecule has 0 aliphatic heterocycles. The largest absolute Gasteiger partial charge is 0.243 e. The minimum atomic E-state index is 0.355. The Morgan fingerprint density at radius 2 is 2.19 bits per heavy atom. The Hall–Kier alpha value is -1.67. The molecule has 2 rings (SSSR count). The summed E-state index contributed by atoms with van der Waals surface area (Å²) < 4.78 is 2.65. The molecule has 16 heavy (non-hydrogen) atoms. The zero-order valence-electron chi connectivity index (χ0n) is 8.68. The highest BCUT2D eigenvalue weighted by molar-refractivity contribution is 9.10. The molecule has 0 N–H and O–H groups in total. The van der Waals surface area contributed by atoms with Crippen LogP contribution in [-0.2, 0) is 6.54 Å². The van der Waals surface area contributed by atoms with Gasteiger partial charge in [-0.2, -0.15) is 5.26 Å². The first-order chi connectivity index (χ1) is 7.77. The average molecular weight is 277 g/mol. The lowest BCUT2D eigenvalue weighted by Gasteiger charge is -2.05. The number of rotatable bonds is 2. The lowest BCUT2D eigenvalue weighted by atomic mass is 10.1. The van der Waals surface area contributed by atoms with E-state index >= 15 is 0 Å². The molecule has 5 heteroatoms. The van der Waals surface area contributed by atoms with Gasteiger partial charge in [-0.15, -0.1) is 5.10 Å². The second kappa shape index (κ2) is 4.45. The molecule has 0 spiro atoms. The number of hydrogen-bond donors (Lipinski definition) is 0. The predicted molar refractivity (Wildman–Crippen MR) is 63.5 cm³/mol. The smallest absolute Gasteiger partial charge is 0.190 e. The lowest BCUT2D eigenvalue weighted by molar-refractivity contribution is 0.632. The van der Waals surface area contributed by atoms with Gasteiger partial charge in [0.15, 0.2) is 5.69 Å². The van der Waals surface area contributed by atoms with E-state index in [2.05, 4.69) is 32.3 Å². The van der Waals surface area contributed by atoms with Gasteiger partial charge in [0.25, 0.3) is 0 Å². The molecule has 0 aliphatic carbocycles. The molecule has 0 radical (unpaired) electrons. The monoisotopic (exact) mass is 276 g/mol. The molecule has 0 unspecified atom stereocenters. The van der Waals surface area contributed by atoms with Gasteiger partial charge in [0, 0.05) is 16.6 Å². The molecular formula is C11H9BrN4. The fraction of sp³-hybridized carbons (Fsp3) is 0.182. The SMILES string of the molecule is CCn1nnc(C#N)c1-c1ccccc1Br. The third kappa shape index (κ3) is 1.72. The molecule has 0 saturated heterocycles. The van der Waals surface area contributed by atoms with E-state index in [1.807, 2.05) is 31.2 Å². The van der Waals surface area contributed by atoms with Crippen molar-refractivity contribution in [1.29, 1.82) is 5.26 Å². The van der Waals surface area contributed by atoms with Crippen LogP contribution in [0, 0.1) is 11.3 Å². The Morgan fingerprint density at radius 1 is 1.44 bits per heavy atom. The van der Waals surface area contributed by atoms with Crippen molar-refractivity contribution in [3.8, 4) is 17.3 Å². The van der Waals surface area contributed by atoms with E-state index in [1.54, 1.807) is 4.68 Å². The van der Waals surface area contributed by atoms with E-state index < -0.39 is 0 Å². The van der Waals surface area contributed by atoms with E-state index in [0.717, 1.165) is 15.7 Å². The Morgan fingerprint density at radius 3 is 2.81 bits per heavy atom. The summed E-state index contributed by atoms with van der Waals surface area (Å²) in [6.45, 7) is 2.65. The first kappa shape index (κ1) is 10.8. The molecule has 0 aliphatic rings. The van der Waals surface area contributed by atoms with Gasteiger partial charge >= 0.3 is 0 Å². The third-order valence-electron chi connectivity index (χ3n) is 2.27. The van der Waals surface area contributed by atoms with E-state index in [0.29, 0.717) is 12.2 Å². The third-order valence-corrected chi connectivity index (χ3v) is 2.96. The van der Waals surface area contributed by atoms with Crippen molar-refractivity contribution in [1.82, 2.24) is 15.0 Å². The van der Waals surface area contributed by atoms with Crippen LogP contribution in [-0.4, -0.2) is 15.0 Å². The maximum atomic E-state index is 9.00. The number of nitrogens with zero attached hydrogens (tertiary/aromatic N) is 4. The minimum absolute atomic E-state index is 0.355. The van der Waals surface area contributed by atoms with Crippen LogP contribution in [0.3, 0.4) is 0 Å². The van der Waals surface area contributed by atoms with Crippen LogP contribution >= 0.6 is 15.9 Å². The van der Waals surface area contributed by atoms with Crippen molar-refractivity contribution in [2.45, 2.75) is 13.5 Å². The maximum absolute atomic E-state index is 9.00. The number of benzene rings is 1. The standard InChI is InChI=1S/C11H9BrN4/c1-2-16-11(10(7-13)14-15-16)8-5-3-4-6-9(8)12/h3-6H,2H2,1H3. The fourth-order valence-corrected chi connectivity index (χ4v) is 2.00. The van der Waals surface area contributed by atoms with Crippen molar-refractivity contribution < 1.29 is 0 Å². The molecule has 2 aromatic rings. The number of halogens is 1. The van der Waals surface area contributed by atoms with Crippen molar-refractivity contribution in [2.75, 3.05) is 0 Å². The summed E-state index contributed by atoms with van der Waals surface area (Å²) in [4.78, 5) is 0. The number of nitriles is 1. The van der Waals surface area contributed by atoms with E-state index in [-0.39, 0.29) is 0 Å². The van der Waals surface area contributed by atoms with Crippen molar-refractivity contribution >= 4 is 15.9 Å². The summed E-state index contributed by atoms with van der Waals surface area (Å²) in [5.41, 5.74) is 2.05. The van der Waals surface area contributed by atoms with Gasteiger partial charge in [0.2, 0.25) is 0 Å². The molecule has 1 aromatic carbocycles. The summed E-state index contributed by atoms with van der Waals surface area (Å²) in [5.74, 6) is 0. The Bertz CT molecular complexity index is 553. The molecule has 0 saturated carbocycles. The van der Waals surface area contributed by atoms with Crippen LogP contribution in [0.25, 0.3) is 11.3 Å². The van der Waals surface area contributed by atoms with E-state index in [4.69, 9.17) is 5.26 Å². The number of aryl methyl sites for hydroxylation is 1. The first-order valence-electron chi connectivity index (χ1n) is 4.86. The molecule has 0 fully saturated rings. The van der Waals surface area contributed by atoms with Crippen LogP contribution in [0.15, 0.2) is 28.7 Å². The summed E-state index contributed by atoms with van der Waals surface area (Å²) in [7, 11) is 0. The van der Waals surface area contributed by atoms with Crippen LogP contribution in [0.2, 0.25) is 0 Å². The summed E-state index contributed by atoms with van der Waals surface area (Å²) >= 11 is 3.47. The van der Waals surface area contributed by atoms with Gasteiger partial charge in [-0.05, 0) is 13.0 Å². The van der Waals surface area contributed by atoms with Gasteiger partial charge in [0.1, 0.15) is 11.8 Å². The molecule has 0 atom stereocenters. The second-order valence-corrected chi connectivity index (χ2v) is 4.05. The predicted octanol–water partition coefficient (Wildman–Crippen LogP) is 2.60. The van der Waals surface area contributed by atoms with Crippen molar-refractivity contribution in [3.05, 3.63) is 34.4 Å². The van der Waals surface area contributed by atoms with Crippen molar-refractivity contribution in [3.63, 3.8) is 0 Å². The van der Waals surface area contributed by atoms with Gasteiger partial charge in [-0.3, -0.25) is 0 Å². The van der Waals surface area contributed by atoms with Crippen LogP contribution in [0.5, 0.6) is 0 Å². The molecule has 1 heterocycles. The summed E-state index contributed by atoms with van der Waals surface area (Å²) in [6.07, 6.45) is 0. The number of hydrogen-bond acceptors (Lipinski definition) is 3. The molecule has 0 amide bonds. The summed E-state index contributed by atoms with van der Waals surface area (Å²) in [6, 6.07) is 9.79. The Balaban J connectivity index is 2.68. The second-order valence-electron chi connectivity index (χ2n) is 3.19. The van der Waals surface area contributed by atoms with Gasteiger partial charge in [-0.1, -0.05) is 39.3 Å². The van der Waals surface area contributed by atoms with Crippen molar-refractivity contribution in [2.24, 2.45) is 0 Å². The minimum Gasteiger partial charge on any atom is -0.243 e. The average Bonchev–Trinajstić information content (AvgIpc) is 2.72. The van der Waals surface area contributed by atoms with Gasteiger partial charge < -0.3 is 0 Å². The quantitative estimate of drug-likeness (QED) is 0.847. The van der Waals surface area contributed by atoms with Gasteiger partial charge in [0.05, 0.1) is 0 Å². The molecule has 0 bridgehead atoms. The normalized spacial score (nSPS) is 10.1. The van der Waals surface area contributed by atoms with Crippen LogP contribution in [0.4, 0.5) is 0 Å². The zero-order chi connectivity index (χ0) is 11.5. The molecule has 1 aromatic heterocycles. The van der Waals surface area contributed by atoms with E-state index in [1.165, 1.54) is 0 Å². The molecule has 80 valence electrons. The zero-order valence-corrected chi connectivity index (χ0v) is 10.3. The molecule has 4 nitrogen and oxygen atoms in total. The van der Waals surface area contributed by atoms with Crippen LogP contribution in [0.1, 0.15) is 12.6 Å². The highest BCUT2D eigenvalue weighted by atomic mass is 79.9.